The van der Waals surface area contributed by atoms with Crippen molar-refractivity contribution in [3.8, 4) is 5.69 Å². The van der Waals surface area contributed by atoms with E-state index in [1.165, 1.54) is 4.68 Å². The molecular weight excluding hydrogens is 314 g/mol. The number of para-hydroxylation sites is 1. The second-order valence-corrected chi connectivity index (χ2v) is 5.39. The van der Waals surface area contributed by atoms with Crippen molar-refractivity contribution in [3.63, 3.8) is 0 Å². The summed E-state index contributed by atoms with van der Waals surface area (Å²) in [4.78, 5) is 16.3. The summed E-state index contributed by atoms with van der Waals surface area (Å²) in [6, 6.07) is 10.8. The minimum atomic E-state index is -0.306. The molecule has 2 aromatic heterocycles. The molecule has 0 aliphatic rings. The number of rotatable bonds is 4. The lowest BCUT2D eigenvalue weighted by atomic mass is 10.1. The number of hydrogen-bond donors (Lipinski definition) is 1. The Hall–Kier alpha value is -2.73. The fourth-order valence-electron chi connectivity index (χ4n) is 2.11. The first kappa shape index (κ1) is 15.2. The molecule has 23 heavy (non-hydrogen) atoms. The Kier molecular flexibility index (Phi) is 4.34. The first-order chi connectivity index (χ1) is 11.1. The number of nitrogens with one attached hydrogen (secondary N) is 1. The molecule has 1 atom stereocenters. The maximum Gasteiger partial charge on any atom is 0.273 e. The molecule has 0 unspecified atom stereocenters. The van der Waals surface area contributed by atoms with E-state index in [2.05, 4.69) is 20.6 Å². The number of pyridine rings is 1. The van der Waals surface area contributed by atoms with Crippen LogP contribution in [0.5, 0.6) is 0 Å². The summed E-state index contributed by atoms with van der Waals surface area (Å²) in [5.41, 5.74) is 1.81. The first-order valence-electron chi connectivity index (χ1n) is 7.03. The third-order valence-electron chi connectivity index (χ3n) is 3.36. The largest absolute Gasteiger partial charge is 0.344 e. The van der Waals surface area contributed by atoms with Gasteiger partial charge in [-0.25, -0.2) is 4.68 Å². The van der Waals surface area contributed by atoms with E-state index in [4.69, 9.17) is 11.6 Å². The Bertz CT molecular complexity index is 818. The van der Waals surface area contributed by atoms with Crippen LogP contribution in [0.2, 0.25) is 5.02 Å². The van der Waals surface area contributed by atoms with E-state index in [1.54, 1.807) is 30.7 Å². The second-order valence-electron chi connectivity index (χ2n) is 4.98. The molecule has 0 aliphatic heterocycles. The van der Waals surface area contributed by atoms with E-state index >= 15 is 0 Å². The van der Waals surface area contributed by atoms with Crippen LogP contribution in [0.4, 0.5) is 0 Å². The van der Waals surface area contributed by atoms with Crippen LogP contribution in [0, 0.1) is 0 Å². The van der Waals surface area contributed by atoms with Crippen molar-refractivity contribution in [1.29, 1.82) is 0 Å². The normalized spacial score (nSPS) is 11.9. The van der Waals surface area contributed by atoms with Gasteiger partial charge in [0.1, 0.15) is 0 Å². The van der Waals surface area contributed by atoms with Gasteiger partial charge in [-0.15, -0.1) is 5.10 Å². The van der Waals surface area contributed by atoms with Gasteiger partial charge in [-0.2, -0.15) is 0 Å². The molecule has 0 saturated heterocycles. The zero-order valence-electron chi connectivity index (χ0n) is 12.3. The minimum Gasteiger partial charge on any atom is -0.344 e. The van der Waals surface area contributed by atoms with Crippen LogP contribution in [-0.4, -0.2) is 25.9 Å². The van der Waals surface area contributed by atoms with Crippen LogP contribution in [-0.2, 0) is 0 Å². The molecule has 0 aliphatic carbocycles. The molecule has 3 rings (SSSR count). The van der Waals surface area contributed by atoms with Crippen molar-refractivity contribution < 1.29 is 4.79 Å². The third kappa shape index (κ3) is 3.37. The highest BCUT2D eigenvalue weighted by Gasteiger charge is 2.15. The number of hydrogen-bond acceptors (Lipinski definition) is 4. The van der Waals surface area contributed by atoms with Crippen LogP contribution < -0.4 is 5.32 Å². The van der Waals surface area contributed by atoms with E-state index < -0.39 is 0 Å². The van der Waals surface area contributed by atoms with Gasteiger partial charge in [0.2, 0.25) is 0 Å². The van der Waals surface area contributed by atoms with Crippen LogP contribution >= 0.6 is 11.6 Å². The molecule has 0 saturated carbocycles. The zero-order valence-corrected chi connectivity index (χ0v) is 13.1. The van der Waals surface area contributed by atoms with Gasteiger partial charge in [-0.1, -0.05) is 35.0 Å². The number of benzene rings is 1. The molecule has 2 heterocycles. The van der Waals surface area contributed by atoms with Crippen molar-refractivity contribution in [1.82, 2.24) is 25.3 Å². The summed E-state index contributed by atoms with van der Waals surface area (Å²) < 4.78 is 1.48. The lowest BCUT2D eigenvalue weighted by Crippen LogP contribution is -2.27. The Labute approximate surface area is 138 Å². The van der Waals surface area contributed by atoms with Crippen LogP contribution in [0.3, 0.4) is 0 Å². The fourth-order valence-corrected chi connectivity index (χ4v) is 2.33. The monoisotopic (exact) mass is 327 g/mol. The van der Waals surface area contributed by atoms with Gasteiger partial charge in [0.05, 0.1) is 22.9 Å². The molecule has 0 bridgehead atoms. The van der Waals surface area contributed by atoms with Gasteiger partial charge in [-0.05, 0) is 30.7 Å². The summed E-state index contributed by atoms with van der Waals surface area (Å²) >= 11 is 6.12. The first-order valence-corrected chi connectivity index (χ1v) is 7.41. The van der Waals surface area contributed by atoms with E-state index in [0.717, 1.165) is 5.56 Å². The summed E-state index contributed by atoms with van der Waals surface area (Å²) in [6.45, 7) is 1.88. The molecule has 116 valence electrons. The highest BCUT2D eigenvalue weighted by molar-refractivity contribution is 6.32. The van der Waals surface area contributed by atoms with Gasteiger partial charge in [-0.3, -0.25) is 9.78 Å². The van der Waals surface area contributed by atoms with E-state index in [0.29, 0.717) is 10.7 Å². The Morgan fingerprint density at radius 3 is 2.83 bits per heavy atom. The average molecular weight is 328 g/mol. The average Bonchev–Trinajstić information content (AvgIpc) is 3.06. The van der Waals surface area contributed by atoms with Crippen LogP contribution in [0.15, 0.2) is 55.0 Å². The van der Waals surface area contributed by atoms with Crippen molar-refractivity contribution in [2.75, 3.05) is 0 Å². The molecule has 0 radical (unpaired) electrons. The predicted octanol–water partition coefficient (Wildman–Crippen LogP) is 2.81. The highest BCUT2D eigenvalue weighted by atomic mass is 35.5. The quantitative estimate of drug-likeness (QED) is 0.799. The van der Waals surface area contributed by atoms with Crippen molar-refractivity contribution in [3.05, 3.63) is 71.3 Å². The number of aromatic nitrogens is 4. The SMILES string of the molecule is C[C@H](NC(=O)c1cn(-c2ccccc2Cl)nn1)c1cccnc1. The van der Waals surface area contributed by atoms with E-state index in [-0.39, 0.29) is 17.6 Å². The number of amides is 1. The second kappa shape index (κ2) is 6.58. The molecule has 7 heteroatoms. The maximum absolute atomic E-state index is 12.3. The topological polar surface area (TPSA) is 72.7 Å². The summed E-state index contributed by atoms with van der Waals surface area (Å²) in [5, 5.41) is 11.3. The summed E-state index contributed by atoms with van der Waals surface area (Å²) in [5.74, 6) is -0.306. The molecule has 1 aromatic carbocycles. The number of halogens is 1. The predicted molar refractivity (Wildman–Crippen MR) is 86.5 cm³/mol. The summed E-state index contributed by atoms with van der Waals surface area (Å²) in [6.07, 6.45) is 4.95. The Morgan fingerprint density at radius 1 is 1.26 bits per heavy atom. The van der Waals surface area contributed by atoms with Crippen molar-refractivity contribution in [2.24, 2.45) is 0 Å². The van der Waals surface area contributed by atoms with E-state index in [1.807, 2.05) is 31.2 Å². The van der Waals surface area contributed by atoms with Gasteiger partial charge in [0.15, 0.2) is 5.69 Å². The van der Waals surface area contributed by atoms with Gasteiger partial charge < -0.3 is 5.32 Å². The standard InChI is InChI=1S/C16H14ClN5O/c1-11(12-5-4-8-18-9-12)19-16(23)14-10-22(21-20-14)15-7-3-2-6-13(15)17/h2-11H,1H3,(H,19,23)/t11-/m0/s1. The Morgan fingerprint density at radius 2 is 2.09 bits per heavy atom. The third-order valence-corrected chi connectivity index (χ3v) is 3.68. The minimum absolute atomic E-state index is 0.179. The fraction of sp³-hybridized carbons (Fsp3) is 0.125. The molecular formula is C16H14ClN5O. The number of carbonyl (C=O) groups excluding carboxylic acids is 1. The molecule has 1 amide bonds. The molecule has 0 fully saturated rings. The summed E-state index contributed by atoms with van der Waals surface area (Å²) in [7, 11) is 0. The molecule has 3 aromatic rings. The lowest BCUT2D eigenvalue weighted by molar-refractivity contribution is 0.0934. The molecule has 6 nitrogen and oxygen atoms in total. The van der Waals surface area contributed by atoms with Crippen molar-refractivity contribution >= 4 is 17.5 Å². The lowest BCUT2D eigenvalue weighted by Gasteiger charge is -2.12. The van der Waals surface area contributed by atoms with Gasteiger partial charge >= 0.3 is 0 Å². The number of carbonyl (C=O) groups is 1. The van der Waals surface area contributed by atoms with Crippen LogP contribution in [0.1, 0.15) is 29.0 Å². The molecule has 1 N–H and O–H groups in total. The smallest absolute Gasteiger partial charge is 0.273 e. The number of nitrogens with zero attached hydrogens (tertiary/aromatic N) is 4. The zero-order chi connectivity index (χ0) is 16.2. The van der Waals surface area contributed by atoms with Gasteiger partial charge in [0.25, 0.3) is 5.91 Å². The Balaban J connectivity index is 1.75. The van der Waals surface area contributed by atoms with Gasteiger partial charge in [0, 0.05) is 12.4 Å². The van der Waals surface area contributed by atoms with Crippen LogP contribution in [0.25, 0.3) is 5.69 Å². The van der Waals surface area contributed by atoms with Crippen molar-refractivity contribution in [2.45, 2.75) is 13.0 Å². The van der Waals surface area contributed by atoms with E-state index in [9.17, 15) is 4.79 Å². The maximum atomic E-state index is 12.3. The molecule has 0 spiro atoms. The highest BCUT2D eigenvalue weighted by Crippen LogP contribution is 2.19.